The molecule has 0 saturated heterocycles. The first-order valence-corrected chi connectivity index (χ1v) is 7.16. The van der Waals surface area contributed by atoms with Gasteiger partial charge < -0.3 is 9.84 Å². The zero-order valence-corrected chi connectivity index (χ0v) is 12.7. The highest BCUT2D eigenvalue weighted by Crippen LogP contribution is 2.32. The summed E-state index contributed by atoms with van der Waals surface area (Å²) in [7, 11) is 1.53. The molecule has 3 heteroatoms. The maximum absolute atomic E-state index is 9.98. The maximum Gasteiger partial charge on any atom is 0.160 e. The molecule has 0 fully saturated rings. The van der Waals surface area contributed by atoms with Crippen LogP contribution in [0.1, 0.15) is 11.1 Å². The fourth-order valence-electron chi connectivity index (χ4n) is 2.28. The van der Waals surface area contributed by atoms with E-state index in [4.69, 9.17) is 4.74 Å². The molecule has 1 heterocycles. The van der Waals surface area contributed by atoms with Crippen LogP contribution in [0.3, 0.4) is 0 Å². The highest BCUT2D eigenvalue weighted by molar-refractivity contribution is 5.73. The smallest absolute Gasteiger partial charge is 0.160 e. The van der Waals surface area contributed by atoms with Gasteiger partial charge in [0.2, 0.25) is 0 Å². The number of phenols is 1. The van der Waals surface area contributed by atoms with E-state index >= 15 is 0 Å². The van der Waals surface area contributed by atoms with E-state index in [0.717, 1.165) is 22.3 Å². The zero-order valence-electron chi connectivity index (χ0n) is 12.7. The van der Waals surface area contributed by atoms with E-state index in [1.54, 1.807) is 24.5 Å². The monoisotopic (exact) mass is 301 g/mol. The molecular weight excluding hydrogens is 286 g/mol. The molecule has 3 aromatic rings. The Kier molecular flexibility index (Phi) is 4.26. The minimum atomic E-state index is 0.113. The van der Waals surface area contributed by atoms with Crippen LogP contribution >= 0.6 is 0 Å². The minimum absolute atomic E-state index is 0.113. The lowest BCUT2D eigenvalue weighted by Gasteiger charge is -2.08. The highest BCUT2D eigenvalue weighted by Gasteiger charge is 2.07. The number of aromatic nitrogens is 1. The normalized spacial score (nSPS) is 9.78. The van der Waals surface area contributed by atoms with Crippen LogP contribution in [0.5, 0.6) is 11.5 Å². The molecule has 0 unspecified atom stereocenters. The number of pyridine rings is 1. The number of benzene rings is 2. The van der Waals surface area contributed by atoms with E-state index in [9.17, 15) is 5.11 Å². The molecule has 112 valence electrons. The molecule has 0 aliphatic heterocycles. The van der Waals surface area contributed by atoms with Gasteiger partial charge in [-0.05, 0) is 41.5 Å². The van der Waals surface area contributed by atoms with Crippen molar-refractivity contribution in [2.45, 2.75) is 0 Å². The molecule has 0 spiro atoms. The first-order chi connectivity index (χ1) is 11.3. The van der Waals surface area contributed by atoms with Crippen LogP contribution in [0.15, 0.2) is 67.0 Å². The van der Waals surface area contributed by atoms with Crippen LogP contribution in [0.2, 0.25) is 0 Å². The number of aromatic hydroxyl groups is 1. The fourth-order valence-corrected chi connectivity index (χ4v) is 2.28. The number of hydrogen-bond acceptors (Lipinski definition) is 3. The molecule has 0 aliphatic carbocycles. The third-order valence-corrected chi connectivity index (χ3v) is 3.44. The predicted octanol–water partition coefficient (Wildman–Crippen LogP) is 3.86. The highest BCUT2D eigenvalue weighted by atomic mass is 16.5. The molecule has 0 bridgehead atoms. The van der Waals surface area contributed by atoms with Gasteiger partial charge in [0.1, 0.15) is 0 Å². The van der Waals surface area contributed by atoms with Crippen molar-refractivity contribution in [3.63, 3.8) is 0 Å². The van der Waals surface area contributed by atoms with Gasteiger partial charge in [0.05, 0.1) is 7.11 Å². The van der Waals surface area contributed by atoms with E-state index in [1.807, 2.05) is 42.5 Å². The van der Waals surface area contributed by atoms with Gasteiger partial charge in [-0.25, -0.2) is 0 Å². The first kappa shape index (κ1) is 14.7. The van der Waals surface area contributed by atoms with Crippen molar-refractivity contribution in [3.8, 4) is 34.5 Å². The number of phenolic OH excluding ortho intramolecular Hbond substituents is 1. The second kappa shape index (κ2) is 6.67. The van der Waals surface area contributed by atoms with Crippen molar-refractivity contribution in [2.75, 3.05) is 7.11 Å². The van der Waals surface area contributed by atoms with E-state index < -0.39 is 0 Å². The lowest BCUT2D eigenvalue weighted by molar-refractivity contribution is 0.373. The topological polar surface area (TPSA) is 42.4 Å². The van der Waals surface area contributed by atoms with E-state index in [1.165, 1.54) is 7.11 Å². The summed E-state index contributed by atoms with van der Waals surface area (Å²) in [5.41, 5.74) is 3.66. The Labute approximate surface area is 135 Å². The summed E-state index contributed by atoms with van der Waals surface area (Å²) in [4.78, 5) is 3.98. The number of rotatable bonds is 2. The molecule has 1 N–H and O–H groups in total. The summed E-state index contributed by atoms with van der Waals surface area (Å²) in [6.45, 7) is 0. The van der Waals surface area contributed by atoms with Crippen LogP contribution < -0.4 is 4.74 Å². The van der Waals surface area contributed by atoms with Gasteiger partial charge in [0.15, 0.2) is 11.5 Å². The molecule has 0 radical (unpaired) electrons. The predicted molar refractivity (Wildman–Crippen MR) is 90.3 cm³/mol. The SMILES string of the molecule is COc1ccc(-c2ccccc2C#Cc2ccncc2)cc1O. The van der Waals surface area contributed by atoms with Crippen molar-refractivity contribution in [1.29, 1.82) is 0 Å². The molecule has 23 heavy (non-hydrogen) atoms. The van der Waals surface area contributed by atoms with Crippen molar-refractivity contribution in [3.05, 3.63) is 78.1 Å². The Morgan fingerprint density at radius 1 is 0.957 bits per heavy atom. The molecule has 1 aromatic heterocycles. The van der Waals surface area contributed by atoms with Gasteiger partial charge >= 0.3 is 0 Å². The van der Waals surface area contributed by atoms with Crippen molar-refractivity contribution < 1.29 is 9.84 Å². The lowest BCUT2D eigenvalue weighted by Crippen LogP contribution is -1.87. The molecule has 0 aliphatic rings. The van der Waals surface area contributed by atoms with Crippen molar-refractivity contribution in [1.82, 2.24) is 4.98 Å². The third-order valence-electron chi connectivity index (χ3n) is 3.44. The van der Waals surface area contributed by atoms with E-state index in [-0.39, 0.29) is 5.75 Å². The summed E-state index contributed by atoms with van der Waals surface area (Å²) < 4.78 is 5.09. The molecular formula is C20H15NO2. The molecule has 0 saturated carbocycles. The van der Waals surface area contributed by atoms with Gasteiger partial charge in [0, 0.05) is 23.5 Å². The second-order valence-electron chi connectivity index (χ2n) is 4.92. The van der Waals surface area contributed by atoms with Crippen molar-refractivity contribution in [2.24, 2.45) is 0 Å². The number of methoxy groups -OCH3 is 1. The Balaban J connectivity index is 2.02. The standard InChI is InChI=1S/C20H15NO2/c1-23-20-9-8-17(14-19(20)22)18-5-3-2-4-16(18)7-6-15-10-12-21-13-11-15/h2-5,8-14,22H,1H3. The van der Waals surface area contributed by atoms with E-state index in [2.05, 4.69) is 16.8 Å². The van der Waals surface area contributed by atoms with Crippen LogP contribution in [-0.4, -0.2) is 17.2 Å². The minimum Gasteiger partial charge on any atom is -0.504 e. The second-order valence-corrected chi connectivity index (χ2v) is 4.92. The quantitative estimate of drug-likeness (QED) is 0.731. The van der Waals surface area contributed by atoms with Gasteiger partial charge in [-0.15, -0.1) is 0 Å². The average molecular weight is 301 g/mol. The zero-order chi connectivity index (χ0) is 16.1. The summed E-state index contributed by atoms with van der Waals surface area (Å²) in [5.74, 6) is 6.88. The Hall–Kier alpha value is -3.25. The van der Waals surface area contributed by atoms with Gasteiger partial charge in [-0.2, -0.15) is 0 Å². The lowest BCUT2D eigenvalue weighted by atomic mass is 9.99. The van der Waals surface area contributed by atoms with Crippen LogP contribution in [0.25, 0.3) is 11.1 Å². The fraction of sp³-hybridized carbons (Fsp3) is 0.0500. The molecule has 3 rings (SSSR count). The Morgan fingerprint density at radius 2 is 1.74 bits per heavy atom. The summed E-state index contributed by atoms with van der Waals surface area (Å²) in [5, 5.41) is 9.98. The maximum atomic E-state index is 9.98. The van der Waals surface area contributed by atoms with Crippen molar-refractivity contribution >= 4 is 0 Å². The number of ether oxygens (including phenoxy) is 1. The summed E-state index contributed by atoms with van der Waals surface area (Å²) in [6, 6.07) is 16.9. The van der Waals surface area contributed by atoms with E-state index in [0.29, 0.717) is 5.75 Å². The van der Waals surface area contributed by atoms with Gasteiger partial charge in [-0.1, -0.05) is 36.1 Å². The molecule has 0 amide bonds. The molecule has 2 aromatic carbocycles. The van der Waals surface area contributed by atoms with Gasteiger partial charge in [0.25, 0.3) is 0 Å². The molecule has 0 atom stereocenters. The van der Waals surface area contributed by atoms with Crippen LogP contribution in [-0.2, 0) is 0 Å². The number of nitrogens with zero attached hydrogens (tertiary/aromatic N) is 1. The summed E-state index contributed by atoms with van der Waals surface area (Å²) in [6.07, 6.45) is 3.44. The molecule has 3 nitrogen and oxygen atoms in total. The van der Waals surface area contributed by atoms with Gasteiger partial charge in [-0.3, -0.25) is 4.98 Å². The van der Waals surface area contributed by atoms with Crippen LogP contribution in [0, 0.1) is 11.8 Å². The van der Waals surface area contributed by atoms with Crippen LogP contribution in [0.4, 0.5) is 0 Å². The Bertz CT molecular complexity index is 877. The first-order valence-electron chi connectivity index (χ1n) is 7.16. The Morgan fingerprint density at radius 3 is 2.48 bits per heavy atom. The summed E-state index contributed by atoms with van der Waals surface area (Å²) >= 11 is 0. The largest absolute Gasteiger partial charge is 0.504 e. The number of hydrogen-bond donors (Lipinski definition) is 1. The third kappa shape index (κ3) is 3.33. The average Bonchev–Trinajstić information content (AvgIpc) is 2.61.